The zero-order valence-corrected chi connectivity index (χ0v) is 13.9. The van der Waals surface area contributed by atoms with Gasteiger partial charge in [0.2, 0.25) is 0 Å². The Hall–Kier alpha value is -0.880. The zero-order chi connectivity index (χ0) is 15.5. The van der Waals surface area contributed by atoms with Crippen molar-refractivity contribution in [1.29, 1.82) is 0 Å². The van der Waals surface area contributed by atoms with Crippen molar-refractivity contribution in [1.82, 2.24) is 9.80 Å². The molecule has 1 atom stereocenters. The van der Waals surface area contributed by atoms with Gasteiger partial charge in [-0.05, 0) is 37.9 Å². The van der Waals surface area contributed by atoms with Gasteiger partial charge in [0, 0.05) is 44.3 Å². The van der Waals surface area contributed by atoms with E-state index in [1.54, 1.807) is 6.26 Å². The molecule has 23 heavy (non-hydrogen) atoms. The summed E-state index contributed by atoms with van der Waals surface area (Å²) in [6.45, 7) is 8.99. The summed E-state index contributed by atoms with van der Waals surface area (Å²) in [5.74, 6) is 1.06. The van der Waals surface area contributed by atoms with E-state index >= 15 is 0 Å². The van der Waals surface area contributed by atoms with Gasteiger partial charge in [0.15, 0.2) is 0 Å². The molecule has 128 valence electrons. The van der Waals surface area contributed by atoms with Crippen LogP contribution in [0.4, 0.5) is 0 Å². The Morgan fingerprint density at radius 3 is 2.83 bits per heavy atom. The Kier molecular flexibility index (Phi) is 4.71. The van der Waals surface area contributed by atoms with Gasteiger partial charge < -0.3 is 13.9 Å². The molecule has 0 radical (unpaired) electrons. The average Bonchev–Trinajstić information content (AvgIpc) is 3.18. The molecule has 3 saturated heterocycles. The molecule has 3 aliphatic heterocycles. The summed E-state index contributed by atoms with van der Waals surface area (Å²) in [7, 11) is 0. The fraction of sp³-hybridized carbons (Fsp3) is 0.778. The topological polar surface area (TPSA) is 38.1 Å². The lowest BCUT2D eigenvalue weighted by molar-refractivity contribution is 0.0283. The minimum Gasteiger partial charge on any atom is -0.468 e. The van der Waals surface area contributed by atoms with E-state index in [4.69, 9.17) is 13.9 Å². The molecule has 0 bridgehead atoms. The Bertz CT molecular complexity index is 486. The van der Waals surface area contributed by atoms with E-state index in [9.17, 15) is 0 Å². The summed E-state index contributed by atoms with van der Waals surface area (Å²) in [5, 5.41) is 0. The molecule has 0 aromatic carbocycles. The molecular weight excluding hydrogens is 292 g/mol. The average molecular weight is 320 g/mol. The van der Waals surface area contributed by atoms with Gasteiger partial charge in [0.25, 0.3) is 0 Å². The largest absolute Gasteiger partial charge is 0.468 e. The van der Waals surface area contributed by atoms with Crippen LogP contribution in [0.1, 0.15) is 25.0 Å². The molecule has 4 heterocycles. The molecule has 0 N–H and O–H groups in total. The molecule has 1 aromatic rings. The van der Waals surface area contributed by atoms with Crippen molar-refractivity contribution < 1.29 is 13.9 Å². The number of hydrogen-bond donors (Lipinski definition) is 0. The van der Waals surface area contributed by atoms with Crippen LogP contribution in [0.2, 0.25) is 0 Å². The first-order valence-corrected chi connectivity index (χ1v) is 8.97. The Morgan fingerprint density at radius 2 is 2.00 bits per heavy atom. The Labute approximate surface area is 138 Å². The van der Waals surface area contributed by atoms with Crippen molar-refractivity contribution >= 4 is 0 Å². The van der Waals surface area contributed by atoms with Gasteiger partial charge in [0.05, 0.1) is 26.0 Å². The molecule has 3 aliphatic rings. The highest BCUT2D eigenvalue weighted by Gasteiger charge is 2.43. The van der Waals surface area contributed by atoms with Gasteiger partial charge in [-0.3, -0.25) is 9.80 Å². The van der Waals surface area contributed by atoms with Crippen LogP contribution in [0.25, 0.3) is 0 Å². The van der Waals surface area contributed by atoms with E-state index in [0.717, 1.165) is 51.8 Å². The van der Waals surface area contributed by atoms with Gasteiger partial charge in [-0.25, -0.2) is 0 Å². The number of nitrogens with zero attached hydrogens (tertiary/aromatic N) is 2. The van der Waals surface area contributed by atoms with Gasteiger partial charge in [-0.15, -0.1) is 0 Å². The summed E-state index contributed by atoms with van der Waals surface area (Å²) in [5.41, 5.74) is 0.293. The Balaban J connectivity index is 1.40. The van der Waals surface area contributed by atoms with Crippen LogP contribution >= 0.6 is 0 Å². The maximum Gasteiger partial charge on any atom is 0.117 e. The minimum absolute atomic E-state index is 0.293. The fourth-order valence-corrected chi connectivity index (χ4v) is 4.42. The lowest BCUT2D eigenvalue weighted by atomic mass is 9.87. The predicted molar refractivity (Wildman–Crippen MR) is 87.3 cm³/mol. The highest BCUT2D eigenvalue weighted by molar-refractivity contribution is 5.00. The number of likely N-dealkylation sites (tertiary alicyclic amines) is 1. The lowest BCUT2D eigenvalue weighted by Crippen LogP contribution is -2.43. The van der Waals surface area contributed by atoms with Crippen LogP contribution in [0.5, 0.6) is 0 Å². The molecule has 0 aliphatic carbocycles. The molecule has 5 heteroatoms. The van der Waals surface area contributed by atoms with Crippen LogP contribution in [-0.2, 0) is 16.0 Å². The second-order valence-corrected chi connectivity index (χ2v) is 7.41. The van der Waals surface area contributed by atoms with Gasteiger partial charge >= 0.3 is 0 Å². The number of ether oxygens (including phenoxy) is 2. The third kappa shape index (κ3) is 3.63. The molecule has 1 aromatic heterocycles. The van der Waals surface area contributed by atoms with E-state index in [-0.39, 0.29) is 0 Å². The lowest BCUT2D eigenvalue weighted by Gasteiger charge is -2.35. The highest BCUT2D eigenvalue weighted by Crippen LogP contribution is 2.36. The third-order valence-corrected chi connectivity index (χ3v) is 5.65. The first kappa shape index (κ1) is 15.6. The van der Waals surface area contributed by atoms with Crippen molar-refractivity contribution in [3.8, 4) is 0 Å². The Morgan fingerprint density at radius 1 is 1.09 bits per heavy atom. The summed E-state index contributed by atoms with van der Waals surface area (Å²) < 4.78 is 17.1. The quantitative estimate of drug-likeness (QED) is 0.851. The molecule has 1 spiro atoms. The second-order valence-electron chi connectivity index (χ2n) is 7.41. The number of rotatable bonds is 3. The van der Waals surface area contributed by atoms with Crippen molar-refractivity contribution in [3.05, 3.63) is 24.2 Å². The summed E-state index contributed by atoms with van der Waals surface area (Å²) in [6.07, 6.45) is 5.39. The molecule has 4 rings (SSSR count). The summed E-state index contributed by atoms with van der Waals surface area (Å²) in [6, 6.07) is 4.76. The van der Waals surface area contributed by atoms with Crippen LogP contribution in [-0.4, -0.2) is 68.4 Å². The fourth-order valence-electron chi connectivity index (χ4n) is 4.42. The van der Waals surface area contributed by atoms with Crippen LogP contribution in [0, 0.1) is 5.41 Å². The maximum atomic E-state index is 5.99. The molecule has 5 nitrogen and oxygen atoms in total. The van der Waals surface area contributed by atoms with Crippen LogP contribution in [0.3, 0.4) is 0 Å². The van der Waals surface area contributed by atoms with Gasteiger partial charge in [-0.1, -0.05) is 0 Å². The minimum atomic E-state index is 0.293. The molecule has 0 unspecified atom stereocenters. The van der Waals surface area contributed by atoms with Crippen molar-refractivity contribution in [3.63, 3.8) is 0 Å². The van der Waals surface area contributed by atoms with E-state index < -0.39 is 0 Å². The van der Waals surface area contributed by atoms with E-state index in [1.807, 2.05) is 6.07 Å². The zero-order valence-electron chi connectivity index (χ0n) is 13.9. The van der Waals surface area contributed by atoms with Crippen molar-refractivity contribution in [2.75, 3.05) is 52.6 Å². The second kappa shape index (κ2) is 6.93. The van der Waals surface area contributed by atoms with E-state index in [0.29, 0.717) is 11.5 Å². The smallest absolute Gasteiger partial charge is 0.117 e. The highest BCUT2D eigenvalue weighted by atomic mass is 16.5. The summed E-state index contributed by atoms with van der Waals surface area (Å²) in [4.78, 5) is 5.21. The number of furan rings is 1. The van der Waals surface area contributed by atoms with Crippen LogP contribution < -0.4 is 0 Å². The van der Waals surface area contributed by atoms with Crippen molar-refractivity contribution in [2.24, 2.45) is 5.41 Å². The van der Waals surface area contributed by atoms with E-state index in [2.05, 4.69) is 15.9 Å². The van der Waals surface area contributed by atoms with Gasteiger partial charge in [0.1, 0.15) is 5.76 Å². The molecule has 0 saturated carbocycles. The first-order valence-electron chi connectivity index (χ1n) is 8.97. The number of hydrogen-bond acceptors (Lipinski definition) is 5. The first-order chi connectivity index (χ1) is 11.3. The molecular formula is C18H28N2O3. The van der Waals surface area contributed by atoms with Gasteiger partial charge in [-0.2, -0.15) is 0 Å². The summed E-state index contributed by atoms with van der Waals surface area (Å²) >= 11 is 0. The molecule has 0 amide bonds. The third-order valence-electron chi connectivity index (χ3n) is 5.65. The maximum absolute atomic E-state index is 5.99. The van der Waals surface area contributed by atoms with Crippen LogP contribution in [0.15, 0.2) is 22.8 Å². The SMILES string of the molecule is c1coc(CN2CCOC[C@]3(CCN(C4CCOCC4)C3)C2)c1. The predicted octanol–water partition coefficient (Wildman–Crippen LogP) is 1.98. The monoisotopic (exact) mass is 320 g/mol. The van der Waals surface area contributed by atoms with E-state index in [1.165, 1.54) is 32.4 Å². The standard InChI is InChI=1S/C18H28N2O3/c1-2-17(23-8-1)12-19-7-11-22-15-18(13-19)5-6-20(14-18)16-3-9-21-10-4-16/h1-2,8,16H,3-7,9-15H2/t18-/m1/s1. The molecule has 3 fully saturated rings. The normalized spacial score (nSPS) is 31.7. The van der Waals surface area contributed by atoms with Crippen molar-refractivity contribution in [2.45, 2.75) is 31.8 Å².